The van der Waals surface area contributed by atoms with Gasteiger partial charge in [0.05, 0.1) is 29.3 Å². The van der Waals surface area contributed by atoms with E-state index in [1.54, 1.807) is 56.3 Å². The maximum atomic E-state index is 13.6. The number of nitriles is 1. The van der Waals surface area contributed by atoms with Crippen LogP contribution in [0.15, 0.2) is 60.7 Å². The first kappa shape index (κ1) is 26.8. The first-order chi connectivity index (χ1) is 17.0. The smallest absolute Gasteiger partial charge is 0.214 e. The maximum absolute atomic E-state index is 13.6. The van der Waals surface area contributed by atoms with Crippen molar-refractivity contribution in [3.05, 3.63) is 77.6 Å². The van der Waals surface area contributed by atoms with Crippen molar-refractivity contribution in [2.45, 2.75) is 25.8 Å². The van der Waals surface area contributed by atoms with Crippen LogP contribution in [0.25, 0.3) is 11.3 Å². The predicted molar refractivity (Wildman–Crippen MR) is 138 cm³/mol. The number of halogens is 1. The van der Waals surface area contributed by atoms with Crippen molar-refractivity contribution in [1.82, 2.24) is 9.71 Å². The Kier molecular flexibility index (Phi) is 8.40. The summed E-state index contributed by atoms with van der Waals surface area (Å²) in [5, 5.41) is 12.7. The summed E-state index contributed by atoms with van der Waals surface area (Å²) in [6.07, 6.45) is 2.17. The van der Waals surface area contributed by atoms with Crippen LogP contribution < -0.4 is 14.9 Å². The number of nitrogens with one attached hydrogen (secondary N) is 2. The first-order valence-corrected chi connectivity index (χ1v) is 13.1. The van der Waals surface area contributed by atoms with E-state index in [4.69, 9.17) is 4.98 Å². The molecule has 0 fully saturated rings. The molecule has 0 unspecified atom stereocenters. The number of carbonyl (C=O) groups is 1. The molecule has 0 aliphatic heterocycles. The largest absolute Gasteiger partial charge is 0.368 e. The lowest BCUT2D eigenvalue weighted by molar-refractivity contribution is -0.107. The highest BCUT2D eigenvalue weighted by atomic mass is 32.2. The van der Waals surface area contributed by atoms with Crippen LogP contribution in [-0.2, 0) is 21.2 Å². The lowest BCUT2D eigenvalue weighted by atomic mass is 10.0. The highest BCUT2D eigenvalue weighted by Crippen LogP contribution is 2.30. The normalized spacial score (nSPS) is 11.5. The van der Waals surface area contributed by atoms with Gasteiger partial charge in [0, 0.05) is 24.2 Å². The van der Waals surface area contributed by atoms with E-state index in [9.17, 15) is 22.9 Å². The third-order valence-electron chi connectivity index (χ3n) is 5.26. The summed E-state index contributed by atoms with van der Waals surface area (Å²) in [4.78, 5) is 18.2. The summed E-state index contributed by atoms with van der Waals surface area (Å²) in [5.74, 6) is 0.0491. The van der Waals surface area contributed by atoms with Gasteiger partial charge in [0.15, 0.2) is 5.82 Å². The van der Waals surface area contributed by atoms with Crippen LogP contribution in [0.1, 0.15) is 25.0 Å². The molecule has 0 saturated heterocycles. The van der Waals surface area contributed by atoms with Crippen molar-refractivity contribution in [3.8, 4) is 17.3 Å². The molecular weight excluding hydrogens is 481 g/mol. The Morgan fingerprint density at radius 3 is 2.56 bits per heavy atom. The van der Waals surface area contributed by atoms with Crippen LogP contribution >= 0.6 is 0 Å². The van der Waals surface area contributed by atoms with Crippen molar-refractivity contribution < 1.29 is 17.6 Å². The van der Waals surface area contributed by atoms with Gasteiger partial charge in [0.2, 0.25) is 16.4 Å². The van der Waals surface area contributed by atoms with E-state index in [2.05, 4.69) is 16.1 Å². The molecule has 8 nitrogen and oxygen atoms in total. The monoisotopic (exact) mass is 509 g/mol. The summed E-state index contributed by atoms with van der Waals surface area (Å²) in [6, 6.07) is 18.9. The number of anilines is 2. The molecule has 0 radical (unpaired) electrons. The van der Waals surface area contributed by atoms with Crippen molar-refractivity contribution in [2.24, 2.45) is 0 Å². The van der Waals surface area contributed by atoms with Crippen molar-refractivity contribution in [1.29, 1.82) is 5.26 Å². The number of hydrogen-bond acceptors (Lipinski definition) is 6. The van der Waals surface area contributed by atoms with E-state index in [-0.39, 0.29) is 12.4 Å². The van der Waals surface area contributed by atoms with Gasteiger partial charge < -0.3 is 10.2 Å². The van der Waals surface area contributed by atoms with E-state index in [0.29, 0.717) is 47.7 Å². The summed E-state index contributed by atoms with van der Waals surface area (Å²) in [6.45, 7) is 3.78. The average Bonchev–Trinajstić information content (AvgIpc) is 2.81. The standard InChI is InChI=1S/C26H28FN5O3S/c1-26(2,31-36(3,34)35)17-32(18-33)24-12-11-23(22-10-5-4-8-20(22)16-28)30-25(24)29-14-13-19-7-6-9-21(27)15-19/h4-12,15,18,31H,13-14,17H2,1-3H3,(H,29,30). The number of carbonyl (C=O) groups excluding carboxylic acids is 1. The van der Waals surface area contributed by atoms with Gasteiger partial charge in [-0.3, -0.25) is 4.79 Å². The van der Waals surface area contributed by atoms with Crippen LogP contribution in [-0.4, -0.2) is 44.7 Å². The number of rotatable bonds is 11. The molecule has 0 aliphatic rings. The van der Waals surface area contributed by atoms with Crippen molar-refractivity contribution in [2.75, 3.05) is 29.6 Å². The second-order valence-electron chi connectivity index (χ2n) is 9.02. The Bertz CT molecular complexity index is 1390. The topological polar surface area (TPSA) is 115 Å². The maximum Gasteiger partial charge on any atom is 0.214 e. The summed E-state index contributed by atoms with van der Waals surface area (Å²) in [7, 11) is -3.51. The number of hydrogen-bond donors (Lipinski definition) is 2. The SMILES string of the molecule is CC(C)(CN(C=O)c1ccc(-c2ccccc2C#N)nc1NCCc1cccc(F)c1)NS(C)(=O)=O. The number of amides is 1. The minimum Gasteiger partial charge on any atom is -0.368 e. The number of aromatic nitrogens is 1. The van der Waals surface area contributed by atoms with Gasteiger partial charge in [-0.15, -0.1) is 0 Å². The minimum absolute atomic E-state index is 0.0396. The molecule has 188 valence electrons. The van der Waals surface area contributed by atoms with Crippen LogP contribution in [0.5, 0.6) is 0 Å². The van der Waals surface area contributed by atoms with E-state index < -0.39 is 15.6 Å². The highest BCUT2D eigenvalue weighted by Gasteiger charge is 2.27. The van der Waals surface area contributed by atoms with Crippen molar-refractivity contribution in [3.63, 3.8) is 0 Å². The third kappa shape index (κ3) is 7.34. The Morgan fingerprint density at radius 2 is 1.89 bits per heavy atom. The molecule has 0 saturated carbocycles. The number of benzene rings is 2. The fourth-order valence-electron chi connectivity index (χ4n) is 3.92. The first-order valence-electron chi connectivity index (χ1n) is 11.2. The number of nitrogens with zero attached hydrogens (tertiary/aromatic N) is 3. The van der Waals surface area contributed by atoms with Crippen LogP contribution in [0.4, 0.5) is 15.9 Å². The van der Waals surface area contributed by atoms with Gasteiger partial charge in [-0.1, -0.05) is 30.3 Å². The zero-order valence-corrected chi connectivity index (χ0v) is 21.1. The Hall–Kier alpha value is -3.81. The van der Waals surface area contributed by atoms with Gasteiger partial charge >= 0.3 is 0 Å². The highest BCUT2D eigenvalue weighted by molar-refractivity contribution is 7.88. The molecular formula is C26H28FN5O3S. The lowest BCUT2D eigenvalue weighted by Gasteiger charge is -2.31. The molecule has 2 aromatic carbocycles. The van der Waals surface area contributed by atoms with Crippen molar-refractivity contribution >= 4 is 27.9 Å². The Balaban J connectivity index is 1.96. The molecule has 10 heteroatoms. The molecule has 2 N–H and O–H groups in total. The van der Waals surface area contributed by atoms with Crippen LogP contribution in [0.2, 0.25) is 0 Å². The average molecular weight is 510 g/mol. The van der Waals surface area contributed by atoms with Gasteiger partial charge in [-0.25, -0.2) is 22.5 Å². The van der Waals surface area contributed by atoms with Crippen LogP contribution in [0.3, 0.4) is 0 Å². The van der Waals surface area contributed by atoms with E-state index in [1.165, 1.54) is 17.0 Å². The number of sulfonamides is 1. The predicted octanol–water partition coefficient (Wildman–Crippen LogP) is 3.70. The van der Waals surface area contributed by atoms with E-state index in [1.807, 2.05) is 6.07 Å². The van der Waals surface area contributed by atoms with E-state index in [0.717, 1.165) is 11.8 Å². The summed E-state index contributed by atoms with van der Waals surface area (Å²) in [5.41, 5.74) is 1.89. The zero-order valence-electron chi connectivity index (χ0n) is 20.3. The zero-order chi connectivity index (χ0) is 26.3. The molecule has 1 heterocycles. The fourth-order valence-corrected chi connectivity index (χ4v) is 4.99. The molecule has 0 bridgehead atoms. The van der Waals surface area contributed by atoms with Gasteiger partial charge in [0.1, 0.15) is 5.82 Å². The second-order valence-corrected chi connectivity index (χ2v) is 10.8. The molecule has 1 aromatic heterocycles. The lowest BCUT2D eigenvalue weighted by Crippen LogP contribution is -2.51. The summed E-state index contributed by atoms with van der Waals surface area (Å²) < 4.78 is 39.7. The molecule has 3 rings (SSSR count). The third-order valence-corrected chi connectivity index (χ3v) is 6.18. The van der Waals surface area contributed by atoms with Gasteiger partial charge in [-0.05, 0) is 56.2 Å². The molecule has 0 atom stereocenters. The van der Waals surface area contributed by atoms with Crippen LogP contribution in [0, 0.1) is 17.1 Å². The molecule has 3 aromatic rings. The Labute approximate surface area is 210 Å². The second kappa shape index (κ2) is 11.3. The Morgan fingerprint density at radius 1 is 1.14 bits per heavy atom. The molecule has 0 spiro atoms. The van der Waals surface area contributed by atoms with Gasteiger partial charge in [0.25, 0.3) is 0 Å². The van der Waals surface area contributed by atoms with E-state index >= 15 is 0 Å². The summed E-state index contributed by atoms with van der Waals surface area (Å²) >= 11 is 0. The van der Waals surface area contributed by atoms with Gasteiger partial charge in [-0.2, -0.15) is 5.26 Å². The fraction of sp³-hybridized carbons (Fsp3) is 0.269. The molecule has 36 heavy (non-hydrogen) atoms. The minimum atomic E-state index is -3.51. The quantitative estimate of drug-likeness (QED) is 0.381. The molecule has 1 amide bonds. The number of pyridine rings is 1. The molecule has 0 aliphatic carbocycles.